The Morgan fingerprint density at radius 3 is 2.65 bits per heavy atom. The van der Waals surface area contributed by atoms with Crippen LogP contribution >= 0.6 is 31.9 Å². The molecule has 2 rings (SSSR count). The second kappa shape index (κ2) is 4.62. The Morgan fingerprint density at radius 2 is 2.00 bits per heavy atom. The Bertz CT molecular complexity index is 614. The summed E-state index contributed by atoms with van der Waals surface area (Å²) < 4.78 is 6.25. The fourth-order valence-electron chi connectivity index (χ4n) is 1.53. The number of nitrogens with zero attached hydrogens (tertiary/aromatic N) is 1. The minimum Gasteiger partial charge on any atom is -0.465 e. The SMILES string of the molecule is COC(=O)c1cnc2c(Br)ccc(Br)c2c1N. The molecule has 0 aliphatic rings. The highest BCUT2D eigenvalue weighted by molar-refractivity contribution is 9.11. The van der Waals surface area contributed by atoms with Crippen LogP contribution in [0.25, 0.3) is 10.9 Å². The number of rotatable bonds is 1. The Kier molecular flexibility index (Phi) is 3.35. The van der Waals surface area contributed by atoms with Crippen molar-refractivity contribution in [2.24, 2.45) is 0 Å². The van der Waals surface area contributed by atoms with Gasteiger partial charge in [0, 0.05) is 20.5 Å². The van der Waals surface area contributed by atoms with E-state index in [-0.39, 0.29) is 5.56 Å². The van der Waals surface area contributed by atoms with Gasteiger partial charge in [-0.3, -0.25) is 4.98 Å². The molecule has 1 heterocycles. The molecule has 0 aliphatic heterocycles. The van der Waals surface area contributed by atoms with Crippen molar-refractivity contribution in [1.82, 2.24) is 4.98 Å². The molecular formula is C11H8Br2N2O2. The van der Waals surface area contributed by atoms with Gasteiger partial charge in [-0.25, -0.2) is 4.79 Å². The zero-order valence-electron chi connectivity index (χ0n) is 8.83. The van der Waals surface area contributed by atoms with Crippen LogP contribution in [0.3, 0.4) is 0 Å². The molecule has 17 heavy (non-hydrogen) atoms. The molecule has 0 saturated carbocycles. The van der Waals surface area contributed by atoms with Crippen molar-refractivity contribution in [3.8, 4) is 0 Å². The van der Waals surface area contributed by atoms with E-state index in [2.05, 4.69) is 41.6 Å². The summed E-state index contributed by atoms with van der Waals surface area (Å²) in [4.78, 5) is 15.7. The predicted molar refractivity (Wildman–Crippen MR) is 72.9 cm³/mol. The summed E-state index contributed by atoms with van der Waals surface area (Å²) in [5, 5.41) is 0.697. The molecule has 1 aromatic heterocycles. The topological polar surface area (TPSA) is 65.2 Å². The lowest BCUT2D eigenvalue weighted by Gasteiger charge is -2.09. The van der Waals surface area contributed by atoms with Gasteiger partial charge in [-0.1, -0.05) is 15.9 Å². The first kappa shape index (κ1) is 12.3. The summed E-state index contributed by atoms with van der Waals surface area (Å²) in [5.41, 5.74) is 7.29. The molecule has 0 atom stereocenters. The van der Waals surface area contributed by atoms with E-state index < -0.39 is 5.97 Å². The third kappa shape index (κ3) is 2.02. The summed E-state index contributed by atoms with van der Waals surface area (Å²) in [6.45, 7) is 0. The first-order chi connectivity index (χ1) is 8.06. The van der Waals surface area contributed by atoms with E-state index in [9.17, 15) is 4.79 Å². The van der Waals surface area contributed by atoms with Crippen LogP contribution in [-0.2, 0) is 4.74 Å². The number of halogens is 2. The van der Waals surface area contributed by atoms with Crippen molar-refractivity contribution < 1.29 is 9.53 Å². The minimum atomic E-state index is -0.497. The fourth-order valence-corrected chi connectivity index (χ4v) is 2.50. The maximum Gasteiger partial charge on any atom is 0.341 e. The van der Waals surface area contributed by atoms with Gasteiger partial charge in [0.25, 0.3) is 0 Å². The summed E-state index contributed by atoms with van der Waals surface area (Å²) in [7, 11) is 1.31. The average Bonchev–Trinajstić information content (AvgIpc) is 2.33. The molecule has 0 unspecified atom stereocenters. The van der Waals surface area contributed by atoms with Gasteiger partial charge in [-0.15, -0.1) is 0 Å². The van der Waals surface area contributed by atoms with E-state index in [1.807, 2.05) is 12.1 Å². The normalized spacial score (nSPS) is 10.5. The molecule has 1 aromatic carbocycles. The van der Waals surface area contributed by atoms with Crippen LogP contribution in [0.2, 0.25) is 0 Å². The van der Waals surface area contributed by atoms with E-state index in [0.29, 0.717) is 16.6 Å². The van der Waals surface area contributed by atoms with Crippen LogP contribution in [0.5, 0.6) is 0 Å². The average molecular weight is 360 g/mol. The van der Waals surface area contributed by atoms with Crippen LogP contribution < -0.4 is 5.73 Å². The predicted octanol–water partition coefficient (Wildman–Crippen LogP) is 3.13. The molecule has 0 bridgehead atoms. The van der Waals surface area contributed by atoms with Gasteiger partial charge in [0.05, 0.1) is 18.3 Å². The monoisotopic (exact) mass is 358 g/mol. The second-order valence-corrected chi connectivity index (χ2v) is 5.04. The number of hydrogen-bond donors (Lipinski definition) is 1. The Balaban J connectivity index is 2.84. The molecule has 0 fully saturated rings. The molecule has 2 N–H and O–H groups in total. The molecular weight excluding hydrogens is 352 g/mol. The number of nitrogen functional groups attached to an aromatic ring is 1. The van der Waals surface area contributed by atoms with Crippen molar-refractivity contribution in [3.05, 3.63) is 32.8 Å². The van der Waals surface area contributed by atoms with Crippen molar-refractivity contribution in [1.29, 1.82) is 0 Å². The molecule has 0 aliphatic carbocycles. The summed E-state index contributed by atoms with van der Waals surface area (Å²) >= 11 is 6.78. The van der Waals surface area contributed by atoms with Gasteiger partial charge in [-0.2, -0.15) is 0 Å². The van der Waals surface area contributed by atoms with Crippen LogP contribution in [0.15, 0.2) is 27.3 Å². The molecule has 0 amide bonds. The maximum atomic E-state index is 11.5. The number of methoxy groups -OCH3 is 1. The maximum absolute atomic E-state index is 11.5. The minimum absolute atomic E-state index is 0.263. The van der Waals surface area contributed by atoms with E-state index >= 15 is 0 Å². The number of nitrogens with two attached hydrogens (primary N) is 1. The summed E-state index contributed by atoms with van der Waals surface area (Å²) in [6.07, 6.45) is 1.42. The summed E-state index contributed by atoms with van der Waals surface area (Å²) in [6, 6.07) is 3.70. The highest BCUT2D eigenvalue weighted by Crippen LogP contribution is 2.34. The number of fused-ring (bicyclic) bond motifs is 1. The molecule has 0 radical (unpaired) electrons. The van der Waals surface area contributed by atoms with Crippen molar-refractivity contribution >= 4 is 54.4 Å². The highest BCUT2D eigenvalue weighted by Gasteiger charge is 2.16. The number of ether oxygens (including phenoxy) is 1. The number of anilines is 1. The molecule has 0 spiro atoms. The molecule has 88 valence electrons. The van der Waals surface area contributed by atoms with Crippen molar-refractivity contribution in [3.63, 3.8) is 0 Å². The number of benzene rings is 1. The lowest BCUT2D eigenvalue weighted by Crippen LogP contribution is -2.07. The van der Waals surface area contributed by atoms with E-state index in [4.69, 9.17) is 5.73 Å². The zero-order valence-corrected chi connectivity index (χ0v) is 12.0. The number of carbonyl (C=O) groups excluding carboxylic acids is 1. The van der Waals surface area contributed by atoms with Gasteiger partial charge >= 0.3 is 5.97 Å². The fraction of sp³-hybridized carbons (Fsp3) is 0.0909. The first-order valence-electron chi connectivity index (χ1n) is 4.66. The van der Waals surface area contributed by atoms with Gasteiger partial charge in [-0.05, 0) is 28.1 Å². The largest absolute Gasteiger partial charge is 0.465 e. The van der Waals surface area contributed by atoms with Crippen molar-refractivity contribution in [2.45, 2.75) is 0 Å². The third-order valence-corrected chi connectivity index (χ3v) is 3.67. The van der Waals surface area contributed by atoms with Gasteiger partial charge < -0.3 is 10.5 Å². The zero-order chi connectivity index (χ0) is 12.6. The first-order valence-corrected chi connectivity index (χ1v) is 6.25. The lowest BCUT2D eigenvalue weighted by atomic mass is 10.1. The van der Waals surface area contributed by atoms with E-state index in [1.54, 1.807) is 0 Å². The number of carbonyl (C=O) groups is 1. The molecule has 0 saturated heterocycles. The quantitative estimate of drug-likeness (QED) is 0.794. The lowest BCUT2D eigenvalue weighted by molar-refractivity contribution is 0.0601. The highest BCUT2D eigenvalue weighted by atomic mass is 79.9. The molecule has 2 aromatic rings. The van der Waals surface area contributed by atoms with Gasteiger partial charge in [0.1, 0.15) is 5.56 Å². The number of hydrogen-bond acceptors (Lipinski definition) is 4. The van der Waals surface area contributed by atoms with Gasteiger partial charge in [0.15, 0.2) is 0 Å². The molecule has 6 heteroatoms. The summed E-state index contributed by atoms with van der Waals surface area (Å²) in [5.74, 6) is -0.497. The van der Waals surface area contributed by atoms with E-state index in [1.165, 1.54) is 13.3 Å². The Morgan fingerprint density at radius 1 is 1.35 bits per heavy atom. The standard InChI is InChI=1S/C11H8Br2N2O2/c1-17-11(16)5-4-15-10-7(13)3-2-6(12)8(10)9(5)14/h2-4H,1H3,(H2,14,15). The number of aromatic nitrogens is 1. The van der Waals surface area contributed by atoms with Crippen LogP contribution in [-0.4, -0.2) is 18.1 Å². The molecule has 4 nitrogen and oxygen atoms in total. The van der Waals surface area contributed by atoms with Crippen LogP contribution in [0, 0.1) is 0 Å². The Hall–Kier alpha value is -1.14. The van der Waals surface area contributed by atoms with E-state index in [0.717, 1.165) is 8.95 Å². The smallest absolute Gasteiger partial charge is 0.341 e. The Labute approximate surface area is 114 Å². The number of pyridine rings is 1. The van der Waals surface area contributed by atoms with Crippen LogP contribution in [0.4, 0.5) is 5.69 Å². The van der Waals surface area contributed by atoms with Gasteiger partial charge in [0.2, 0.25) is 0 Å². The number of esters is 1. The third-order valence-electron chi connectivity index (χ3n) is 2.37. The van der Waals surface area contributed by atoms with Crippen molar-refractivity contribution in [2.75, 3.05) is 12.8 Å². The second-order valence-electron chi connectivity index (χ2n) is 3.33. The van der Waals surface area contributed by atoms with Crippen LogP contribution in [0.1, 0.15) is 10.4 Å².